The molecule has 2 heterocycles. The minimum Gasteiger partial charge on any atom is -0.336 e. The van der Waals surface area contributed by atoms with Crippen LogP contribution in [-0.4, -0.2) is 60.0 Å². The number of amides is 1. The highest BCUT2D eigenvalue weighted by Crippen LogP contribution is 2.11. The van der Waals surface area contributed by atoms with E-state index in [1.807, 2.05) is 24.0 Å². The van der Waals surface area contributed by atoms with Crippen LogP contribution in [0.4, 0.5) is 0 Å². The fraction of sp³-hybridized carbons (Fsp3) is 0.625. The molecular weight excluding hydrogens is 264 g/mol. The second kappa shape index (κ2) is 8.10. The van der Waals surface area contributed by atoms with Crippen LogP contribution in [0.1, 0.15) is 35.3 Å². The Kier molecular flexibility index (Phi) is 6.14. The molecule has 0 atom stereocenters. The molecule has 116 valence electrons. The van der Waals surface area contributed by atoms with Gasteiger partial charge in [0.1, 0.15) is 0 Å². The molecule has 5 nitrogen and oxygen atoms in total. The Bertz CT molecular complexity index is 455. The van der Waals surface area contributed by atoms with Crippen molar-refractivity contribution in [3.05, 3.63) is 29.6 Å². The molecule has 0 radical (unpaired) electrons. The molecule has 0 aromatic carbocycles. The minimum atomic E-state index is 0.114. The lowest BCUT2D eigenvalue weighted by Gasteiger charge is -2.35. The molecule has 0 unspecified atom stereocenters. The van der Waals surface area contributed by atoms with Crippen LogP contribution >= 0.6 is 0 Å². The molecule has 1 saturated heterocycles. The van der Waals surface area contributed by atoms with E-state index in [1.54, 1.807) is 6.20 Å². The van der Waals surface area contributed by atoms with Gasteiger partial charge in [0.2, 0.25) is 0 Å². The Balaban J connectivity index is 1.78. The van der Waals surface area contributed by atoms with Crippen LogP contribution < -0.4 is 5.73 Å². The molecule has 1 aromatic rings. The standard InChI is InChI=1S/C16H26N4O/c1-14-15(6-5-8-18-14)16(21)20-12-10-19(11-13-20)9-4-2-3-7-17/h5-6,8H,2-4,7,9-13,17H2,1H3. The van der Waals surface area contributed by atoms with Gasteiger partial charge in [-0.05, 0) is 45.0 Å². The fourth-order valence-electron chi connectivity index (χ4n) is 2.71. The summed E-state index contributed by atoms with van der Waals surface area (Å²) < 4.78 is 0. The highest BCUT2D eigenvalue weighted by molar-refractivity contribution is 5.95. The molecule has 1 aromatic heterocycles. The van der Waals surface area contributed by atoms with E-state index >= 15 is 0 Å². The molecule has 0 bridgehead atoms. The van der Waals surface area contributed by atoms with E-state index in [9.17, 15) is 4.79 Å². The number of carbonyl (C=O) groups is 1. The predicted molar refractivity (Wildman–Crippen MR) is 84.2 cm³/mol. The molecule has 0 aliphatic carbocycles. The molecule has 0 spiro atoms. The largest absolute Gasteiger partial charge is 0.336 e. The Morgan fingerprint density at radius 1 is 1.24 bits per heavy atom. The Hall–Kier alpha value is -1.46. The van der Waals surface area contributed by atoms with Crippen LogP contribution in [-0.2, 0) is 0 Å². The zero-order chi connectivity index (χ0) is 15.1. The number of rotatable bonds is 6. The zero-order valence-electron chi connectivity index (χ0n) is 12.9. The van der Waals surface area contributed by atoms with Gasteiger partial charge in [0.05, 0.1) is 5.56 Å². The van der Waals surface area contributed by atoms with Crippen molar-refractivity contribution in [2.45, 2.75) is 26.2 Å². The van der Waals surface area contributed by atoms with E-state index in [4.69, 9.17) is 5.73 Å². The van der Waals surface area contributed by atoms with Gasteiger partial charge in [0, 0.05) is 38.1 Å². The molecule has 2 rings (SSSR count). The highest BCUT2D eigenvalue weighted by atomic mass is 16.2. The van der Waals surface area contributed by atoms with E-state index in [0.29, 0.717) is 0 Å². The Morgan fingerprint density at radius 2 is 2.00 bits per heavy atom. The van der Waals surface area contributed by atoms with Crippen molar-refractivity contribution in [3.63, 3.8) is 0 Å². The predicted octanol–water partition coefficient (Wildman–Crippen LogP) is 1.28. The lowest BCUT2D eigenvalue weighted by molar-refractivity contribution is 0.0634. The number of hydrogen-bond donors (Lipinski definition) is 1. The van der Waals surface area contributed by atoms with Gasteiger partial charge in [0.25, 0.3) is 5.91 Å². The third-order valence-electron chi connectivity index (χ3n) is 4.08. The van der Waals surface area contributed by atoms with Gasteiger partial charge in [0.15, 0.2) is 0 Å². The number of nitrogens with two attached hydrogens (primary N) is 1. The molecule has 5 heteroatoms. The summed E-state index contributed by atoms with van der Waals surface area (Å²) >= 11 is 0. The van der Waals surface area contributed by atoms with Crippen molar-refractivity contribution in [1.82, 2.24) is 14.8 Å². The van der Waals surface area contributed by atoms with Gasteiger partial charge in [-0.1, -0.05) is 6.42 Å². The van der Waals surface area contributed by atoms with Gasteiger partial charge >= 0.3 is 0 Å². The minimum absolute atomic E-state index is 0.114. The third kappa shape index (κ3) is 4.51. The average Bonchev–Trinajstić information content (AvgIpc) is 2.52. The summed E-state index contributed by atoms with van der Waals surface area (Å²) in [6.45, 7) is 7.34. The molecule has 21 heavy (non-hydrogen) atoms. The van der Waals surface area contributed by atoms with E-state index < -0.39 is 0 Å². The van der Waals surface area contributed by atoms with Gasteiger partial charge < -0.3 is 10.6 Å². The molecule has 0 saturated carbocycles. The number of hydrogen-bond acceptors (Lipinski definition) is 4. The van der Waals surface area contributed by atoms with Crippen LogP contribution in [0.5, 0.6) is 0 Å². The lowest BCUT2D eigenvalue weighted by atomic mass is 10.1. The normalized spacial score (nSPS) is 16.2. The van der Waals surface area contributed by atoms with E-state index in [2.05, 4.69) is 9.88 Å². The van der Waals surface area contributed by atoms with Crippen LogP contribution in [0.15, 0.2) is 18.3 Å². The van der Waals surface area contributed by atoms with Gasteiger partial charge in [-0.2, -0.15) is 0 Å². The second-order valence-electron chi connectivity index (χ2n) is 5.62. The van der Waals surface area contributed by atoms with Crippen LogP contribution in [0.25, 0.3) is 0 Å². The summed E-state index contributed by atoms with van der Waals surface area (Å²) in [7, 11) is 0. The topological polar surface area (TPSA) is 62.5 Å². The van der Waals surface area contributed by atoms with Crippen molar-refractivity contribution < 1.29 is 4.79 Å². The summed E-state index contributed by atoms with van der Waals surface area (Å²) in [6.07, 6.45) is 5.24. The average molecular weight is 290 g/mol. The third-order valence-corrected chi connectivity index (χ3v) is 4.08. The van der Waals surface area contributed by atoms with Gasteiger partial charge in [-0.15, -0.1) is 0 Å². The smallest absolute Gasteiger partial charge is 0.255 e. The number of piperazine rings is 1. The van der Waals surface area contributed by atoms with Gasteiger partial charge in [-0.25, -0.2) is 0 Å². The van der Waals surface area contributed by atoms with Crippen molar-refractivity contribution in [2.75, 3.05) is 39.3 Å². The SMILES string of the molecule is Cc1ncccc1C(=O)N1CCN(CCCCCN)CC1. The number of pyridine rings is 1. The zero-order valence-corrected chi connectivity index (χ0v) is 12.9. The van der Waals surface area contributed by atoms with Crippen LogP contribution in [0, 0.1) is 6.92 Å². The Labute approximate surface area is 127 Å². The maximum absolute atomic E-state index is 12.5. The quantitative estimate of drug-likeness (QED) is 0.802. The summed E-state index contributed by atoms with van der Waals surface area (Å²) in [6, 6.07) is 3.69. The number of aromatic nitrogens is 1. The maximum Gasteiger partial charge on any atom is 0.255 e. The molecular formula is C16H26N4O. The van der Waals surface area contributed by atoms with Crippen LogP contribution in [0.2, 0.25) is 0 Å². The first-order valence-electron chi connectivity index (χ1n) is 7.85. The van der Waals surface area contributed by atoms with Gasteiger partial charge in [-0.3, -0.25) is 14.7 Å². The molecule has 1 aliphatic heterocycles. The molecule has 2 N–H and O–H groups in total. The van der Waals surface area contributed by atoms with Crippen molar-refractivity contribution in [3.8, 4) is 0 Å². The maximum atomic E-state index is 12.5. The van der Waals surface area contributed by atoms with E-state index in [-0.39, 0.29) is 5.91 Å². The van der Waals surface area contributed by atoms with E-state index in [0.717, 1.165) is 56.9 Å². The Morgan fingerprint density at radius 3 is 2.67 bits per heavy atom. The first-order chi connectivity index (χ1) is 10.2. The lowest BCUT2D eigenvalue weighted by Crippen LogP contribution is -2.49. The fourth-order valence-corrected chi connectivity index (χ4v) is 2.71. The van der Waals surface area contributed by atoms with Crippen molar-refractivity contribution in [2.24, 2.45) is 5.73 Å². The van der Waals surface area contributed by atoms with E-state index in [1.165, 1.54) is 12.8 Å². The van der Waals surface area contributed by atoms with Crippen LogP contribution in [0.3, 0.4) is 0 Å². The summed E-state index contributed by atoms with van der Waals surface area (Å²) in [5.41, 5.74) is 7.05. The monoisotopic (exact) mass is 290 g/mol. The summed E-state index contributed by atoms with van der Waals surface area (Å²) in [5, 5.41) is 0. The highest BCUT2D eigenvalue weighted by Gasteiger charge is 2.22. The number of nitrogens with zero attached hydrogens (tertiary/aromatic N) is 3. The second-order valence-corrected chi connectivity index (χ2v) is 5.62. The first-order valence-corrected chi connectivity index (χ1v) is 7.85. The first kappa shape index (κ1) is 15.9. The van der Waals surface area contributed by atoms with Crippen molar-refractivity contribution in [1.29, 1.82) is 0 Å². The summed E-state index contributed by atoms with van der Waals surface area (Å²) in [4.78, 5) is 21.1. The number of unbranched alkanes of at least 4 members (excludes halogenated alkanes) is 2. The number of carbonyl (C=O) groups excluding carboxylic acids is 1. The molecule has 1 amide bonds. The molecule has 1 fully saturated rings. The van der Waals surface area contributed by atoms with Crippen molar-refractivity contribution >= 4 is 5.91 Å². The molecule has 1 aliphatic rings. The number of aryl methyl sites for hydroxylation is 1. The summed E-state index contributed by atoms with van der Waals surface area (Å²) in [5.74, 6) is 0.114.